The van der Waals surface area contributed by atoms with Crippen LogP contribution in [0.5, 0.6) is 17.2 Å². The summed E-state index contributed by atoms with van der Waals surface area (Å²) in [6.45, 7) is 4.50. The fourth-order valence-electron chi connectivity index (χ4n) is 6.56. The number of nitrogens with zero attached hydrogens (tertiary/aromatic N) is 1. The smallest absolute Gasteiger partial charge is 0.497 e. The van der Waals surface area contributed by atoms with E-state index < -0.39 is 61.1 Å². The van der Waals surface area contributed by atoms with Crippen LogP contribution in [0.3, 0.4) is 0 Å². The van der Waals surface area contributed by atoms with Gasteiger partial charge in [-0.1, -0.05) is 78.9 Å². The summed E-state index contributed by atoms with van der Waals surface area (Å²) in [4.78, 5) is 68.7. The van der Waals surface area contributed by atoms with Gasteiger partial charge in [-0.15, -0.1) is 11.8 Å². The topological polar surface area (TPSA) is 203 Å². The van der Waals surface area contributed by atoms with Gasteiger partial charge in [-0.25, -0.2) is 14.8 Å². The van der Waals surface area contributed by atoms with Crippen molar-refractivity contribution in [1.82, 2.24) is 16.2 Å². The second-order valence-corrected chi connectivity index (χ2v) is 18.0. The van der Waals surface area contributed by atoms with Crippen molar-refractivity contribution in [3.8, 4) is 17.2 Å². The Bertz CT molecular complexity index is 2450. The zero-order valence-electron chi connectivity index (χ0n) is 35.8. The van der Waals surface area contributed by atoms with E-state index in [1.807, 2.05) is 18.2 Å². The molecule has 0 spiro atoms. The van der Waals surface area contributed by atoms with Gasteiger partial charge >= 0.3 is 13.9 Å². The van der Waals surface area contributed by atoms with Gasteiger partial charge in [-0.05, 0) is 92.4 Å². The molecule has 0 bridgehead atoms. The van der Waals surface area contributed by atoms with Gasteiger partial charge in [0.1, 0.15) is 41.5 Å². The summed E-state index contributed by atoms with van der Waals surface area (Å²) in [6, 6.07) is 33.6. The van der Waals surface area contributed by atoms with Crippen LogP contribution in [0.15, 0.2) is 132 Å². The number of carbonyl (C=O) groups is 4. The molecular weight excluding hydrogens is 862 g/mol. The number of hydrogen-bond donors (Lipinski definition) is 5. The lowest BCUT2D eigenvalue weighted by Gasteiger charge is -2.30. The number of anilines is 2. The lowest BCUT2D eigenvalue weighted by molar-refractivity contribution is -0.129. The first-order valence-corrected chi connectivity index (χ1v) is 22.5. The van der Waals surface area contributed by atoms with Crippen LogP contribution < -0.4 is 40.4 Å². The third-order valence-electron chi connectivity index (χ3n) is 9.55. The number of amides is 4. The van der Waals surface area contributed by atoms with Crippen molar-refractivity contribution < 1.29 is 51.9 Å². The molecule has 18 heteroatoms. The molecule has 0 radical (unpaired) electrons. The molecule has 5 N–H and O–H groups in total. The van der Waals surface area contributed by atoms with Crippen LogP contribution in [-0.2, 0) is 41.2 Å². The quantitative estimate of drug-likeness (QED) is 0.0458. The Hall–Kier alpha value is -6.36. The van der Waals surface area contributed by atoms with Gasteiger partial charge in [0.15, 0.2) is 0 Å². The van der Waals surface area contributed by atoms with Crippen molar-refractivity contribution in [1.29, 1.82) is 0 Å². The molecule has 336 valence electrons. The van der Waals surface area contributed by atoms with E-state index in [0.29, 0.717) is 44.5 Å². The standard InChI is InChI=1S/C46H50N5O11PS/c1-46(2,3)61-45(55)50-49-36(27-30-19-23-34(24-20-30)62-63(56,57)60-29-31-13-7-6-8-14-31)43(53)48-41-42(32-21-25-33(58-4)26-22-32)64-39-18-12-10-16-37(39)51(44(41)54)28-40(52)47-35-15-9-11-17-38(35)59-5/h6-26,36,41-42,49H,27-29H2,1-5H3,(H,47,52)(H,48,53)(H,50,55)(H,56,57)/t36-,41-,42-/m0/s1. The molecule has 0 fully saturated rings. The van der Waals surface area contributed by atoms with Gasteiger partial charge in [0, 0.05) is 4.90 Å². The van der Waals surface area contributed by atoms with Crippen LogP contribution >= 0.6 is 19.6 Å². The molecule has 5 aromatic rings. The fraction of sp³-hybridized carbons (Fsp3) is 0.261. The largest absolute Gasteiger partial charge is 0.527 e. The summed E-state index contributed by atoms with van der Waals surface area (Å²) < 4.78 is 39.4. The van der Waals surface area contributed by atoms with Crippen LogP contribution in [0.1, 0.15) is 42.7 Å². The van der Waals surface area contributed by atoms with Crippen molar-refractivity contribution in [2.24, 2.45) is 0 Å². The second kappa shape index (κ2) is 21.3. The van der Waals surface area contributed by atoms with E-state index in [9.17, 15) is 23.8 Å². The number of benzene rings is 5. The van der Waals surface area contributed by atoms with E-state index in [2.05, 4.69) is 21.5 Å². The number of thioether (sulfide) groups is 1. The normalized spacial score (nSPS) is 16.2. The SMILES string of the molecule is COc1ccc([C@@H]2Sc3ccccc3N(CC(=O)Nc3ccccc3OC)C(=O)[C@H]2NC(=O)[C@H](Cc2ccc(OP(=O)(O)OCc3ccccc3)cc2)NNC(=O)OC(C)(C)C)cc1. The molecule has 64 heavy (non-hydrogen) atoms. The Labute approximate surface area is 375 Å². The molecule has 0 aliphatic carbocycles. The first-order valence-electron chi connectivity index (χ1n) is 20.1. The summed E-state index contributed by atoms with van der Waals surface area (Å²) in [6.07, 6.45) is -0.918. The number of methoxy groups -OCH3 is 2. The highest BCUT2D eigenvalue weighted by Crippen LogP contribution is 2.47. The number of phosphoric acid groups is 1. The number of hydrogen-bond acceptors (Lipinski definition) is 12. The molecule has 1 unspecified atom stereocenters. The van der Waals surface area contributed by atoms with Gasteiger partial charge in [0.05, 0.1) is 37.5 Å². The monoisotopic (exact) mass is 911 g/mol. The molecule has 0 saturated heterocycles. The Kier molecular flexibility index (Phi) is 15.7. The van der Waals surface area contributed by atoms with E-state index in [0.717, 1.165) is 0 Å². The number of carbonyl (C=O) groups excluding carboxylic acids is 4. The summed E-state index contributed by atoms with van der Waals surface area (Å²) in [5.41, 5.74) is 7.13. The molecule has 6 rings (SSSR count). The van der Waals surface area contributed by atoms with E-state index in [-0.39, 0.29) is 18.8 Å². The van der Waals surface area contributed by atoms with Gasteiger partial charge in [0.2, 0.25) is 11.8 Å². The van der Waals surface area contributed by atoms with Gasteiger partial charge in [0.25, 0.3) is 5.91 Å². The van der Waals surface area contributed by atoms with Gasteiger partial charge in [-0.3, -0.25) is 29.2 Å². The van der Waals surface area contributed by atoms with Crippen LogP contribution in [0.25, 0.3) is 0 Å². The predicted octanol–water partition coefficient (Wildman–Crippen LogP) is 7.34. The van der Waals surface area contributed by atoms with Gasteiger partial charge in [-0.2, -0.15) is 0 Å². The number of nitrogens with one attached hydrogen (secondary N) is 4. The number of phosphoric ester groups is 1. The fourth-order valence-corrected chi connectivity index (χ4v) is 8.66. The third kappa shape index (κ3) is 13.1. The first kappa shape index (κ1) is 47.1. The summed E-state index contributed by atoms with van der Waals surface area (Å²) in [5, 5.41) is 5.07. The molecule has 0 saturated carbocycles. The number of hydrazine groups is 1. The minimum Gasteiger partial charge on any atom is -0.497 e. The van der Waals surface area contributed by atoms with Gasteiger partial charge < -0.3 is 34.3 Å². The predicted molar refractivity (Wildman–Crippen MR) is 242 cm³/mol. The van der Waals surface area contributed by atoms with Crippen LogP contribution in [-0.4, -0.2) is 67.2 Å². The van der Waals surface area contributed by atoms with Crippen molar-refractivity contribution in [2.75, 3.05) is 31.0 Å². The second-order valence-electron chi connectivity index (χ2n) is 15.4. The maximum Gasteiger partial charge on any atom is 0.527 e. The number of rotatable bonds is 17. The maximum atomic E-state index is 15.0. The van der Waals surface area contributed by atoms with Crippen molar-refractivity contribution >= 4 is 54.8 Å². The highest BCUT2D eigenvalue weighted by Gasteiger charge is 2.41. The molecular formula is C46H50N5O11PS. The molecule has 0 aromatic heterocycles. The Morgan fingerprint density at radius 2 is 1.47 bits per heavy atom. The molecule has 16 nitrogen and oxygen atoms in total. The van der Waals surface area contributed by atoms with E-state index in [4.69, 9.17) is 23.3 Å². The van der Waals surface area contributed by atoms with Crippen molar-refractivity contribution in [3.63, 3.8) is 0 Å². The van der Waals surface area contributed by atoms with E-state index >= 15 is 4.79 Å². The summed E-state index contributed by atoms with van der Waals surface area (Å²) in [7, 11) is -1.49. The minimum atomic E-state index is -4.51. The van der Waals surface area contributed by atoms with Crippen LogP contribution in [0, 0.1) is 0 Å². The lowest BCUT2D eigenvalue weighted by atomic mass is 10.0. The van der Waals surface area contributed by atoms with Crippen molar-refractivity contribution in [3.05, 3.63) is 144 Å². The number of ether oxygens (including phenoxy) is 3. The van der Waals surface area contributed by atoms with Crippen LogP contribution in [0.4, 0.5) is 16.2 Å². The average Bonchev–Trinajstić information content (AvgIpc) is 3.38. The highest BCUT2D eigenvalue weighted by atomic mass is 32.2. The Morgan fingerprint density at radius 3 is 2.16 bits per heavy atom. The molecule has 1 heterocycles. The summed E-state index contributed by atoms with van der Waals surface area (Å²) in [5.74, 6) is -0.737. The molecule has 5 aromatic carbocycles. The number of fused-ring (bicyclic) bond motifs is 1. The maximum absolute atomic E-state index is 15.0. The summed E-state index contributed by atoms with van der Waals surface area (Å²) >= 11 is 1.34. The zero-order valence-corrected chi connectivity index (χ0v) is 37.5. The lowest BCUT2D eigenvalue weighted by Crippen LogP contribution is -2.58. The minimum absolute atomic E-state index is 0.0290. The number of para-hydroxylation sites is 3. The zero-order chi connectivity index (χ0) is 45.9. The molecule has 4 amide bonds. The third-order valence-corrected chi connectivity index (χ3v) is 11.8. The van der Waals surface area contributed by atoms with Crippen molar-refractivity contribution in [2.45, 2.75) is 61.6 Å². The molecule has 1 aliphatic rings. The highest BCUT2D eigenvalue weighted by molar-refractivity contribution is 7.99. The van der Waals surface area contributed by atoms with E-state index in [1.54, 1.807) is 118 Å². The van der Waals surface area contributed by atoms with Crippen LogP contribution in [0.2, 0.25) is 0 Å². The average molecular weight is 912 g/mol. The molecule has 4 atom stereocenters. The Balaban J connectivity index is 1.28. The molecule has 1 aliphatic heterocycles. The Morgan fingerprint density at radius 1 is 0.812 bits per heavy atom. The van der Waals surface area contributed by atoms with E-state index in [1.165, 1.54) is 43.0 Å². The first-order chi connectivity index (χ1) is 30.6.